The fourth-order valence-electron chi connectivity index (χ4n) is 3.29. The SMILES string of the molecule is COc1ccc(-c2ccc(C(N)=O)cc2)cc1O[C@@H](C)CCCc1ccccc1. The highest BCUT2D eigenvalue weighted by molar-refractivity contribution is 5.93. The molecule has 0 heterocycles. The van der Waals surface area contributed by atoms with Crippen LogP contribution in [-0.2, 0) is 6.42 Å². The average molecular weight is 389 g/mol. The lowest BCUT2D eigenvalue weighted by atomic mass is 10.0. The lowest BCUT2D eigenvalue weighted by Crippen LogP contribution is -2.12. The van der Waals surface area contributed by atoms with Crippen LogP contribution in [0.1, 0.15) is 35.7 Å². The van der Waals surface area contributed by atoms with Crippen LogP contribution in [0, 0.1) is 0 Å². The number of nitrogens with two attached hydrogens (primary N) is 1. The van der Waals surface area contributed by atoms with Gasteiger partial charge < -0.3 is 15.2 Å². The number of amides is 1. The Kier molecular flexibility index (Phi) is 6.90. The Hall–Kier alpha value is -3.27. The van der Waals surface area contributed by atoms with Gasteiger partial charge in [0.05, 0.1) is 13.2 Å². The van der Waals surface area contributed by atoms with Crippen molar-refractivity contribution in [3.05, 3.63) is 83.9 Å². The number of benzene rings is 3. The molecule has 150 valence electrons. The van der Waals surface area contributed by atoms with Gasteiger partial charge in [0.15, 0.2) is 11.5 Å². The van der Waals surface area contributed by atoms with E-state index < -0.39 is 5.91 Å². The molecule has 0 aliphatic heterocycles. The summed E-state index contributed by atoms with van der Waals surface area (Å²) in [4.78, 5) is 11.3. The molecule has 0 aliphatic rings. The number of hydrogen-bond acceptors (Lipinski definition) is 3. The van der Waals surface area contributed by atoms with Gasteiger partial charge in [0.25, 0.3) is 0 Å². The van der Waals surface area contributed by atoms with Crippen LogP contribution in [0.2, 0.25) is 0 Å². The summed E-state index contributed by atoms with van der Waals surface area (Å²) in [7, 11) is 1.64. The summed E-state index contributed by atoms with van der Waals surface area (Å²) in [5, 5.41) is 0. The quantitative estimate of drug-likeness (QED) is 0.544. The molecule has 0 aliphatic carbocycles. The molecule has 0 spiro atoms. The van der Waals surface area contributed by atoms with Crippen LogP contribution in [0.3, 0.4) is 0 Å². The lowest BCUT2D eigenvalue weighted by Gasteiger charge is -2.18. The Labute approximate surface area is 172 Å². The summed E-state index contributed by atoms with van der Waals surface area (Å²) in [6.07, 6.45) is 3.12. The molecule has 0 bridgehead atoms. The van der Waals surface area contributed by atoms with Gasteiger partial charge in [-0.15, -0.1) is 0 Å². The van der Waals surface area contributed by atoms with Crippen molar-refractivity contribution >= 4 is 5.91 Å². The van der Waals surface area contributed by atoms with Crippen molar-refractivity contribution in [2.45, 2.75) is 32.3 Å². The smallest absolute Gasteiger partial charge is 0.248 e. The zero-order valence-electron chi connectivity index (χ0n) is 16.9. The Morgan fingerprint density at radius 1 is 0.931 bits per heavy atom. The number of carbonyl (C=O) groups is 1. The first-order valence-corrected chi connectivity index (χ1v) is 9.85. The van der Waals surface area contributed by atoms with Crippen molar-refractivity contribution < 1.29 is 14.3 Å². The van der Waals surface area contributed by atoms with E-state index in [0.29, 0.717) is 11.3 Å². The van der Waals surface area contributed by atoms with E-state index in [1.54, 1.807) is 19.2 Å². The maximum Gasteiger partial charge on any atom is 0.248 e. The van der Waals surface area contributed by atoms with Gasteiger partial charge in [0.2, 0.25) is 5.91 Å². The van der Waals surface area contributed by atoms with E-state index in [1.807, 2.05) is 36.4 Å². The largest absolute Gasteiger partial charge is 0.493 e. The summed E-state index contributed by atoms with van der Waals surface area (Å²) >= 11 is 0. The highest BCUT2D eigenvalue weighted by Crippen LogP contribution is 2.33. The normalized spacial score (nSPS) is 11.7. The third-order valence-electron chi connectivity index (χ3n) is 4.91. The van der Waals surface area contributed by atoms with Gasteiger partial charge in [0, 0.05) is 5.56 Å². The lowest BCUT2D eigenvalue weighted by molar-refractivity contribution is 0.100. The summed E-state index contributed by atoms with van der Waals surface area (Å²) in [6, 6.07) is 23.6. The molecule has 1 amide bonds. The minimum Gasteiger partial charge on any atom is -0.493 e. The molecule has 2 N–H and O–H groups in total. The van der Waals surface area contributed by atoms with E-state index in [0.717, 1.165) is 36.1 Å². The molecule has 0 unspecified atom stereocenters. The topological polar surface area (TPSA) is 61.5 Å². The molecule has 1 atom stereocenters. The molecule has 4 nitrogen and oxygen atoms in total. The van der Waals surface area contributed by atoms with Crippen molar-refractivity contribution in [3.8, 4) is 22.6 Å². The highest BCUT2D eigenvalue weighted by Gasteiger charge is 2.12. The Bertz CT molecular complexity index is 936. The van der Waals surface area contributed by atoms with Gasteiger partial charge in [0.1, 0.15) is 0 Å². The number of primary amides is 1. The van der Waals surface area contributed by atoms with Gasteiger partial charge in [-0.2, -0.15) is 0 Å². The molecule has 3 rings (SSSR count). The van der Waals surface area contributed by atoms with E-state index >= 15 is 0 Å². The molecule has 3 aromatic carbocycles. The van der Waals surface area contributed by atoms with Crippen molar-refractivity contribution in [3.63, 3.8) is 0 Å². The molecule has 0 saturated heterocycles. The van der Waals surface area contributed by atoms with Crippen molar-refractivity contribution in [2.75, 3.05) is 7.11 Å². The van der Waals surface area contributed by atoms with Gasteiger partial charge in [-0.1, -0.05) is 48.5 Å². The molecule has 3 aromatic rings. The summed E-state index contributed by atoms with van der Waals surface area (Å²) in [5.74, 6) is 0.994. The summed E-state index contributed by atoms with van der Waals surface area (Å²) in [6.45, 7) is 2.08. The molecule has 0 aromatic heterocycles. The number of carbonyl (C=O) groups excluding carboxylic acids is 1. The second-order valence-electron chi connectivity index (χ2n) is 7.11. The molecular weight excluding hydrogens is 362 g/mol. The minimum absolute atomic E-state index is 0.0695. The Morgan fingerprint density at radius 3 is 2.28 bits per heavy atom. The van der Waals surface area contributed by atoms with Crippen molar-refractivity contribution in [1.82, 2.24) is 0 Å². The van der Waals surface area contributed by atoms with E-state index in [2.05, 4.69) is 31.2 Å². The maximum absolute atomic E-state index is 11.3. The van der Waals surface area contributed by atoms with Gasteiger partial charge >= 0.3 is 0 Å². The Morgan fingerprint density at radius 2 is 1.62 bits per heavy atom. The fraction of sp³-hybridized carbons (Fsp3) is 0.240. The second kappa shape index (κ2) is 9.78. The molecular formula is C25H27NO3. The zero-order chi connectivity index (χ0) is 20.6. The van der Waals surface area contributed by atoms with E-state index in [4.69, 9.17) is 15.2 Å². The monoisotopic (exact) mass is 389 g/mol. The molecule has 0 fully saturated rings. The minimum atomic E-state index is -0.431. The van der Waals surface area contributed by atoms with Crippen LogP contribution >= 0.6 is 0 Å². The van der Waals surface area contributed by atoms with Crippen LogP contribution < -0.4 is 15.2 Å². The third-order valence-corrected chi connectivity index (χ3v) is 4.91. The van der Waals surface area contributed by atoms with Crippen molar-refractivity contribution in [2.24, 2.45) is 5.73 Å². The predicted octanol–water partition coefficient (Wildman–Crippen LogP) is 5.25. The summed E-state index contributed by atoms with van der Waals surface area (Å²) < 4.78 is 11.7. The summed E-state index contributed by atoms with van der Waals surface area (Å²) in [5.41, 5.74) is 9.14. The maximum atomic E-state index is 11.3. The molecule has 0 radical (unpaired) electrons. The zero-order valence-corrected chi connectivity index (χ0v) is 16.9. The fourth-order valence-corrected chi connectivity index (χ4v) is 3.29. The predicted molar refractivity (Wildman–Crippen MR) is 116 cm³/mol. The van der Waals surface area contributed by atoms with Crippen LogP contribution in [-0.4, -0.2) is 19.1 Å². The van der Waals surface area contributed by atoms with Crippen LogP contribution in [0.5, 0.6) is 11.5 Å². The number of ether oxygens (including phenoxy) is 2. The molecule has 0 saturated carbocycles. The number of aryl methyl sites for hydroxylation is 1. The first-order chi connectivity index (χ1) is 14.1. The first kappa shape index (κ1) is 20.5. The number of rotatable bonds is 9. The van der Waals surface area contributed by atoms with E-state index in [9.17, 15) is 4.79 Å². The number of hydrogen-bond donors (Lipinski definition) is 1. The van der Waals surface area contributed by atoms with E-state index in [1.165, 1.54) is 5.56 Å². The van der Waals surface area contributed by atoms with Crippen LogP contribution in [0.4, 0.5) is 0 Å². The van der Waals surface area contributed by atoms with Crippen molar-refractivity contribution in [1.29, 1.82) is 0 Å². The van der Waals surface area contributed by atoms with E-state index in [-0.39, 0.29) is 6.10 Å². The first-order valence-electron chi connectivity index (χ1n) is 9.85. The molecule has 4 heteroatoms. The van der Waals surface area contributed by atoms with Crippen LogP contribution in [0.25, 0.3) is 11.1 Å². The third kappa shape index (κ3) is 5.61. The Balaban J connectivity index is 1.67. The highest BCUT2D eigenvalue weighted by atomic mass is 16.5. The standard InChI is InChI=1S/C25H27NO3/c1-18(7-6-10-19-8-4-3-5-9-19)29-24-17-22(15-16-23(24)28-2)20-11-13-21(14-12-20)25(26)27/h3-5,8-9,11-18H,6-7,10H2,1-2H3,(H2,26,27)/t18-/m0/s1. The second-order valence-corrected chi connectivity index (χ2v) is 7.11. The van der Waals surface area contributed by atoms with Crippen LogP contribution in [0.15, 0.2) is 72.8 Å². The average Bonchev–Trinajstić information content (AvgIpc) is 2.74. The number of methoxy groups -OCH3 is 1. The van der Waals surface area contributed by atoms with Gasteiger partial charge in [-0.05, 0) is 67.1 Å². The molecule has 29 heavy (non-hydrogen) atoms. The van der Waals surface area contributed by atoms with Gasteiger partial charge in [-0.25, -0.2) is 0 Å². The van der Waals surface area contributed by atoms with Gasteiger partial charge in [-0.3, -0.25) is 4.79 Å².